The summed E-state index contributed by atoms with van der Waals surface area (Å²) in [6.45, 7) is -0.681. The number of hydrogen-bond donors (Lipinski definition) is 0. The molecule has 3 rings (SSSR count). The molecule has 0 saturated carbocycles. The minimum absolute atomic E-state index is 0.0398. The summed E-state index contributed by atoms with van der Waals surface area (Å²) in [5, 5.41) is 11.2. The zero-order valence-electron chi connectivity index (χ0n) is 15.1. The lowest BCUT2D eigenvalue weighted by Crippen LogP contribution is -2.30. The van der Waals surface area contributed by atoms with Crippen LogP contribution in [0.4, 0.5) is 14.5 Å². The number of ether oxygens (including phenoxy) is 1. The molecule has 1 aliphatic heterocycles. The summed E-state index contributed by atoms with van der Waals surface area (Å²) in [5.41, 5.74) is -0.652. The van der Waals surface area contributed by atoms with Gasteiger partial charge in [-0.15, -0.1) is 0 Å². The van der Waals surface area contributed by atoms with Gasteiger partial charge in [-0.1, -0.05) is 18.2 Å². The Labute approximate surface area is 164 Å². The average molecular weight is 426 g/mol. The Hall–Kier alpha value is -2.92. The first-order valence-corrected chi connectivity index (χ1v) is 9.87. The van der Waals surface area contributed by atoms with Crippen molar-refractivity contribution in [1.29, 1.82) is 0 Å². The summed E-state index contributed by atoms with van der Waals surface area (Å²) in [6.07, 6.45) is 0. The predicted molar refractivity (Wildman–Crippen MR) is 96.5 cm³/mol. The molecule has 1 heterocycles. The lowest BCUT2D eigenvalue weighted by Gasteiger charge is -2.17. The number of nitrogens with zero attached hydrogens (tertiary/aromatic N) is 2. The molecule has 29 heavy (non-hydrogen) atoms. The van der Waals surface area contributed by atoms with Gasteiger partial charge in [-0.25, -0.2) is 17.2 Å². The van der Waals surface area contributed by atoms with Gasteiger partial charge in [0.25, 0.3) is 5.69 Å². The van der Waals surface area contributed by atoms with E-state index in [2.05, 4.69) is 0 Å². The highest BCUT2D eigenvalue weighted by Crippen LogP contribution is 2.39. The van der Waals surface area contributed by atoms with Crippen LogP contribution in [0.25, 0.3) is 0 Å². The molecule has 0 aliphatic carbocycles. The van der Waals surface area contributed by atoms with E-state index in [4.69, 9.17) is 4.74 Å². The molecule has 1 saturated heterocycles. The van der Waals surface area contributed by atoms with Gasteiger partial charge in [0, 0.05) is 31.1 Å². The van der Waals surface area contributed by atoms with Crippen LogP contribution in [0.2, 0.25) is 0 Å². The van der Waals surface area contributed by atoms with Crippen LogP contribution >= 0.6 is 0 Å². The molecular weight excluding hydrogens is 410 g/mol. The number of carbonyl (C=O) groups is 1. The molecule has 2 aromatic carbocycles. The lowest BCUT2D eigenvalue weighted by atomic mass is 9.88. The zero-order valence-corrected chi connectivity index (χ0v) is 15.9. The molecule has 8 nitrogen and oxygen atoms in total. The third kappa shape index (κ3) is 3.83. The molecule has 0 radical (unpaired) electrons. The van der Waals surface area contributed by atoms with Gasteiger partial charge < -0.3 is 4.74 Å². The minimum Gasteiger partial charge on any atom is -0.469 e. The molecule has 0 amide bonds. The monoisotopic (exact) mass is 426 g/mol. The van der Waals surface area contributed by atoms with Crippen LogP contribution in [0.3, 0.4) is 0 Å². The van der Waals surface area contributed by atoms with Crippen molar-refractivity contribution < 1.29 is 31.7 Å². The van der Waals surface area contributed by atoms with Crippen molar-refractivity contribution in [2.75, 3.05) is 20.2 Å². The van der Waals surface area contributed by atoms with Crippen LogP contribution < -0.4 is 0 Å². The first-order valence-electron chi connectivity index (χ1n) is 8.43. The van der Waals surface area contributed by atoms with Crippen LogP contribution in [0.5, 0.6) is 0 Å². The number of nitro groups is 1. The molecule has 0 unspecified atom stereocenters. The molecular formula is C18H16F2N2O6S. The highest BCUT2D eigenvalue weighted by atomic mass is 32.2. The van der Waals surface area contributed by atoms with E-state index >= 15 is 0 Å². The molecule has 0 N–H and O–H groups in total. The molecule has 0 bridgehead atoms. The molecule has 2 aromatic rings. The van der Waals surface area contributed by atoms with Crippen LogP contribution in [0.15, 0.2) is 47.4 Å². The first kappa shape index (κ1) is 20.8. The van der Waals surface area contributed by atoms with Crippen LogP contribution in [0, 0.1) is 27.7 Å². The Morgan fingerprint density at radius 3 is 2.52 bits per heavy atom. The third-order valence-corrected chi connectivity index (χ3v) is 6.71. The van der Waals surface area contributed by atoms with Gasteiger partial charge in [0.2, 0.25) is 10.0 Å². The van der Waals surface area contributed by atoms with E-state index in [1.807, 2.05) is 0 Å². The zero-order chi connectivity index (χ0) is 21.3. The van der Waals surface area contributed by atoms with Gasteiger partial charge in [-0.3, -0.25) is 14.9 Å². The number of nitro benzene ring substituents is 1. The fourth-order valence-corrected chi connectivity index (χ4v) is 5.09. The van der Waals surface area contributed by atoms with Crippen molar-refractivity contribution in [3.05, 3.63) is 69.8 Å². The number of rotatable bonds is 5. The van der Waals surface area contributed by atoms with Gasteiger partial charge in [-0.2, -0.15) is 4.31 Å². The van der Waals surface area contributed by atoms with E-state index in [0.717, 1.165) is 35.7 Å². The average Bonchev–Trinajstić information content (AvgIpc) is 3.13. The van der Waals surface area contributed by atoms with Gasteiger partial charge in [0.15, 0.2) is 4.90 Å². The maximum Gasteiger partial charge on any atom is 0.310 e. The molecule has 0 aromatic heterocycles. The molecule has 154 valence electrons. The molecule has 1 aliphatic rings. The second kappa shape index (κ2) is 7.84. The second-order valence-electron chi connectivity index (χ2n) is 6.45. The Kier molecular flexibility index (Phi) is 5.62. The molecule has 2 atom stereocenters. The Bertz CT molecular complexity index is 1080. The summed E-state index contributed by atoms with van der Waals surface area (Å²) in [7, 11) is -3.25. The van der Waals surface area contributed by atoms with Crippen molar-refractivity contribution in [3.8, 4) is 0 Å². The third-order valence-electron chi connectivity index (χ3n) is 4.83. The summed E-state index contributed by atoms with van der Waals surface area (Å²) in [4.78, 5) is 22.1. The highest BCUT2D eigenvalue weighted by Gasteiger charge is 2.46. The Morgan fingerprint density at radius 1 is 1.21 bits per heavy atom. The minimum atomic E-state index is -4.36. The van der Waals surface area contributed by atoms with Gasteiger partial charge in [0.1, 0.15) is 11.6 Å². The lowest BCUT2D eigenvalue weighted by molar-refractivity contribution is -0.387. The molecule has 11 heteroatoms. The maximum absolute atomic E-state index is 14.3. The van der Waals surface area contributed by atoms with Crippen LogP contribution in [-0.4, -0.2) is 43.8 Å². The molecule has 0 spiro atoms. The number of esters is 1. The molecule has 1 fully saturated rings. The van der Waals surface area contributed by atoms with Crippen molar-refractivity contribution >= 4 is 21.7 Å². The van der Waals surface area contributed by atoms with Crippen molar-refractivity contribution in [2.45, 2.75) is 10.8 Å². The number of carbonyl (C=O) groups excluding carboxylic acids is 1. The quantitative estimate of drug-likeness (QED) is 0.413. The normalized spacial score (nSPS) is 19.8. The van der Waals surface area contributed by atoms with Crippen molar-refractivity contribution in [3.63, 3.8) is 0 Å². The van der Waals surface area contributed by atoms with Crippen molar-refractivity contribution in [1.82, 2.24) is 4.31 Å². The fourth-order valence-electron chi connectivity index (χ4n) is 3.44. The van der Waals surface area contributed by atoms with E-state index in [1.54, 1.807) is 0 Å². The summed E-state index contributed by atoms with van der Waals surface area (Å²) >= 11 is 0. The number of hydrogen-bond acceptors (Lipinski definition) is 6. The largest absolute Gasteiger partial charge is 0.469 e. The van der Waals surface area contributed by atoms with Crippen molar-refractivity contribution in [2.24, 2.45) is 5.92 Å². The van der Waals surface area contributed by atoms with Gasteiger partial charge in [0.05, 0.1) is 18.0 Å². The Balaban J connectivity index is 2.04. The van der Waals surface area contributed by atoms with Crippen LogP contribution in [0.1, 0.15) is 11.5 Å². The SMILES string of the molecule is COC(=O)[C@@H]1CN(S(=O)(=O)c2ccccc2[N+](=O)[O-])C[C@H]1c1ccc(F)cc1F. The van der Waals surface area contributed by atoms with E-state index < -0.39 is 55.0 Å². The highest BCUT2D eigenvalue weighted by molar-refractivity contribution is 7.89. The fraction of sp³-hybridized carbons (Fsp3) is 0.278. The van der Waals surface area contributed by atoms with Gasteiger partial charge in [-0.05, 0) is 17.7 Å². The Morgan fingerprint density at radius 2 is 1.90 bits per heavy atom. The smallest absolute Gasteiger partial charge is 0.310 e. The second-order valence-corrected chi connectivity index (χ2v) is 8.36. The van der Waals surface area contributed by atoms with Crippen LogP contribution in [-0.2, 0) is 19.6 Å². The van der Waals surface area contributed by atoms with Gasteiger partial charge >= 0.3 is 5.97 Å². The summed E-state index contributed by atoms with van der Waals surface area (Å²) < 4.78 is 59.3. The van der Waals surface area contributed by atoms with E-state index in [9.17, 15) is 32.1 Å². The summed E-state index contributed by atoms with van der Waals surface area (Å²) in [6, 6.07) is 7.60. The predicted octanol–water partition coefficient (Wildman–Crippen LogP) is 2.45. The van der Waals surface area contributed by atoms with E-state index in [-0.39, 0.29) is 18.7 Å². The topological polar surface area (TPSA) is 107 Å². The number of para-hydroxylation sites is 1. The number of methoxy groups -OCH3 is 1. The number of sulfonamides is 1. The number of benzene rings is 2. The first-order chi connectivity index (χ1) is 13.7. The standard InChI is InChI=1S/C18H16F2N2O6S/c1-28-18(23)14-10-21(9-13(14)12-7-6-11(19)8-15(12)20)29(26,27)17-5-3-2-4-16(17)22(24)25/h2-8,13-14H,9-10H2,1H3/t13-,14+/m0/s1. The summed E-state index contributed by atoms with van der Waals surface area (Å²) in [5.74, 6) is -4.51. The maximum atomic E-state index is 14.3. The number of halogens is 2. The van der Waals surface area contributed by atoms with E-state index in [1.165, 1.54) is 12.1 Å². The van der Waals surface area contributed by atoms with E-state index in [0.29, 0.717) is 6.07 Å².